The molecule has 18 heavy (non-hydrogen) atoms. The zero-order chi connectivity index (χ0) is 13.8. The lowest BCUT2D eigenvalue weighted by atomic mass is 10.1. The maximum atomic E-state index is 12.0. The molecule has 0 aromatic carbocycles. The van der Waals surface area contributed by atoms with Gasteiger partial charge in [0.05, 0.1) is 0 Å². The third kappa shape index (κ3) is 4.10. The number of ether oxygens (including phenoxy) is 1. The molecule has 0 spiro atoms. The summed E-state index contributed by atoms with van der Waals surface area (Å²) in [6.45, 7) is 4.14. The molecule has 1 rings (SSSR count). The first kappa shape index (κ1) is 15.7. The molecule has 1 fully saturated rings. The van der Waals surface area contributed by atoms with Crippen LogP contribution >= 0.6 is 10.7 Å². The Morgan fingerprint density at radius 2 is 2.00 bits per heavy atom. The SMILES string of the molecule is CCC(CC)OC(=O)[C@@H]1CCCCN1S(=O)(=O)Cl. The lowest BCUT2D eigenvalue weighted by molar-refractivity contribution is -0.155. The van der Waals surface area contributed by atoms with Crippen LogP contribution in [0.2, 0.25) is 0 Å². The van der Waals surface area contributed by atoms with Gasteiger partial charge in [-0.2, -0.15) is 12.7 Å². The third-order valence-corrected chi connectivity index (χ3v) is 4.73. The summed E-state index contributed by atoms with van der Waals surface area (Å²) >= 11 is 0. The summed E-state index contributed by atoms with van der Waals surface area (Å²) < 4.78 is 29.2. The molecular formula is C11H20ClNO4S. The van der Waals surface area contributed by atoms with E-state index in [-0.39, 0.29) is 12.6 Å². The number of nitrogens with zero attached hydrogens (tertiary/aromatic N) is 1. The Balaban J connectivity index is 2.75. The van der Waals surface area contributed by atoms with Gasteiger partial charge in [0, 0.05) is 17.2 Å². The van der Waals surface area contributed by atoms with E-state index in [4.69, 9.17) is 15.4 Å². The Morgan fingerprint density at radius 3 is 2.50 bits per heavy atom. The van der Waals surface area contributed by atoms with Gasteiger partial charge in [-0.15, -0.1) is 0 Å². The highest BCUT2D eigenvalue weighted by molar-refractivity contribution is 8.11. The molecule has 0 radical (unpaired) electrons. The van der Waals surface area contributed by atoms with E-state index in [0.717, 1.165) is 30.0 Å². The third-order valence-electron chi connectivity index (χ3n) is 3.20. The number of halogens is 1. The van der Waals surface area contributed by atoms with Crippen LogP contribution in [0.5, 0.6) is 0 Å². The fourth-order valence-corrected chi connectivity index (χ4v) is 3.44. The predicted octanol–water partition coefficient (Wildman–Crippen LogP) is 2.06. The van der Waals surface area contributed by atoms with Crippen LogP contribution in [-0.2, 0) is 18.8 Å². The molecule has 0 unspecified atom stereocenters. The molecule has 0 saturated carbocycles. The van der Waals surface area contributed by atoms with Gasteiger partial charge in [-0.05, 0) is 32.1 Å². The average molecular weight is 298 g/mol. The quantitative estimate of drug-likeness (QED) is 0.575. The van der Waals surface area contributed by atoms with Gasteiger partial charge in [0.15, 0.2) is 0 Å². The first-order valence-electron chi connectivity index (χ1n) is 6.32. The first-order valence-corrected chi connectivity index (χ1v) is 8.58. The Kier molecular flexibility index (Phi) is 5.88. The summed E-state index contributed by atoms with van der Waals surface area (Å²) in [7, 11) is 1.48. The van der Waals surface area contributed by atoms with Gasteiger partial charge in [0.1, 0.15) is 12.1 Å². The normalized spacial score (nSPS) is 22.1. The van der Waals surface area contributed by atoms with Crippen molar-refractivity contribution in [1.29, 1.82) is 0 Å². The molecule has 5 nitrogen and oxygen atoms in total. The van der Waals surface area contributed by atoms with E-state index in [1.807, 2.05) is 13.8 Å². The molecule has 7 heteroatoms. The molecule has 0 aliphatic carbocycles. The van der Waals surface area contributed by atoms with E-state index in [1.54, 1.807) is 0 Å². The van der Waals surface area contributed by atoms with Crippen LogP contribution in [0.25, 0.3) is 0 Å². The maximum Gasteiger partial charge on any atom is 0.324 e. The van der Waals surface area contributed by atoms with Crippen LogP contribution in [0, 0.1) is 0 Å². The summed E-state index contributed by atoms with van der Waals surface area (Å²) in [6.07, 6.45) is 3.31. The lowest BCUT2D eigenvalue weighted by Crippen LogP contribution is -2.47. The number of piperidine rings is 1. The Bertz CT molecular complexity index is 381. The van der Waals surface area contributed by atoms with Crippen molar-refractivity contribution in [2.75, 3.05) is 6.54 Å². The molecule has 1 atom stereocenters. The lowest BCUT2D eigenvalue weighted by Gasteiger charge is -2.31. The van der Waals surface area contributed by atoms with Gasteiger partial charge in [-0.3, -0.25) is 4.79 Å². The topological polar surface area (TPSA) is 63.7 Å². The summed E-state index contributed by atoms with van der Waals surface area (Å²) in [5, 5.41) is 0. The highest BCUT2D eigenvalue weighted by Gasteiger charge is 2.37. The van der Waals surface area contributed by atoms with Crippen molar-refractivity contribution in [2.24, 2.45) is 0 Å². The van der Waals surface area contributed by atoms with Crippen molar-refractivity contribution in [3.8, 4) is 0 Å². The van der Waals surface area contributed by atoms with Crippen molar-refractivity contribution in [3.63, 3.8) is 0 Å². The van der Waals surface area contributed by atoms with E-state index in [2.05, 4.69) is 0 Å². The van der Waals surface area contributed by atoms with Gasteiger partial charge >= 0.3 is 15.2 Å². The van der Waals surface area contributed by atoms with Crippen molar-refractivity contribution in [3.05, 3.63) is 0 Å². The molecule has 1 saturated heterocycles. The van der Waals surface area contributed by atoms with E-state index < -0.39 is 21.2 Å². The summed E-state index contributed by atoms with van der Waals surface area (Å²) in [6, 6.07) is -0.762. The van der Waals surface area contributed by atoms with Crippen LogP contribution in [0.4, 0.5) is 0 Å². The van der Waals surface area contributed by atoms with Gasteiger partial charge in [-0.25, -0.2) is 0 Å². The van der Waals surface area contributed by atoms with Gasteiger partial charge < -0.3 is 4.74 Å². The molecule has 1 aliphatic heterocycles. The zero-order valence-corrected chi connectivity index (χ0v) is 12.3. The fourth-order valence-electron chi connectivity index (χ4n) is 2.10. The predicted molar refractivity (Wildman–Crippen MR) is 69.6 cm³/mol. The van der Waals surface area contributed by atoms with Gasteiger partial charge in [0.25, 0.3) is 0 Å². The molecule has 1 heterocycles. The van der Waals surface area contributed by atoms with E-state index in [9.17, 15) is 13.2 Å². The van der Waals surface area contributed by atoms with Crippen molar-refractivity contribution in [2.45, 2.75) is 58.1 Å². The number of carbonyl (C=O) groups is 1. The smallest absolute Gasteiger partial charge is 0.324 e. The summed E-state index contributed by atoms with van der Waals surface area (Å²) in [4.78, 5) is 12.0. The molecule has 0 aromatic rings. The molecular weight excluding hydrogens is 278 g/mol. The minimum absolute atomic E-state index is 0.153. The molecule has 0 N–H and O–H groups in total. The van der Waals surface area contributed by atoms with Crippen molar-refractivity contribution < 1.29 is 17.9 Å². The van der Waals surface area contributed by atoms with E-state index in [1.165, 1.54) is 0 Å². The molecule has 0 bridgehead atoms. The Hall–Kier alpha value is -0.330. The maximum absolute atomic E-state index is 12.0. The first-order chi connectivity index (χ1) is 8.40. The van der Waals surface area contributed by atoms with Crippen molar-refractivity contribution in [1.82, 2.24) is 4.31 Å². The second-order valence-electron chi connectivity index (χ2n) is 4.44. The van der Waals surface area contributed by atoms with Crippen LogP contribution in [0.15, 0.2) is 0 Å². The van der Waals surface area contributed by atoms with E-state index in [0.29, 0.717) is 6.42 Å². The monoisotopic (exact) mass is 297 g/mol. The van der Waals surface area contributed by atoms with Crippen LogP contribution in [0.1, 0.15) is 46.0 Å². The number of carbonyl (C=O) groups excluding carboxylic acids is 1. The van der Waals surface area contributed by atoms with Crippen LogP contribution < -0.4 is 0 Å². The standard InChI is InChI=1S/C11H20ClNO4S/c1-3-9(4-2)17-11(14)10-7-5-6-8-13(10)18(12,15)16/h9-10H,3-8H2,1-2H3/t10-/m0/s1. The minimum Gasteiger partial charge on any atom is -0.461 e. The number of hydrogen-bond donors (Lipinski definition) is 0. The summed E-state index contributed by atoms with van der Waals surface area (Å²) in [5.41, 5.74) is 0. The Morgan fingerprint density at radius 1 is 1.39 bits per heavy atom. The Labute approximate surface area is 113 Å². The molecule has 106 valence electrons. The van der Waals surface area contributed by atoms with Crippen molar-refractivity contribution >= 4 is 25.9 Å². The zero-order valence-electron chi connectivity index (χ0n) is 10.8. The minimum atomic E-state index is -3.86. The second-order valence-corrected chi connectivity index (χ2v) is 6.90. The summed E-state index contributed by atoms with van der Waals surface area (Å²) in [5.74, 6) is -0.479. The largest absolute Gasteiger partial charge is 0.461 e. The number of rotatable bonds is 5. The molecule has 0 amide bonds. The highest BCUT2D eigenvalue weighted by Crippen LogP contribution is 2.24. The number of esters is 1. The molecule has 0 aromatic heterocycles. The van der Waals surface area contributed by atoms with Crippen LogP contribution in [0.3, 0.4) is 0 Å². The van der Waals surface area contributed by atoms with Gasteiger partial charge in [-0.1, -0.05) is 13.8 Å². The highest BCUT2D eigenvalue weighted by atomic mass is 35.7. The average Bonchev–Trinajstić information content (AvgIpc) is 2.34. The molecule has 1 aliphatic rings. The van der Waals surface area contributed by atoms with Crippen LogP contribution in [-0.4, -0.2) is 37.4 Å². The van der Waals surface area contributed by atoms with E-state index >= 15 is 0 Å². The fraction of sp³-hybridized carbons (Fsp3) is 0.909. The number of hydrogen-bond acceptors (Lipinski definition) is 4. The van der Waals surface area contributed by atoms with Gasteiger partial charge in [0.2, 0.25) is 0 Å². The second kappa shape index (κ2) is 6.73.